The van der Waals surface area contributed by atoms with Gasteiger partial charge in [-0.05, 0) is 67.8 Å². The van der Waals surface area contributed by atoms with Gasteiger partial charge >= 0.3 is 6.18 Å². The highest BCUT2D eigenvalue weighted by Crippen LogP contribution is 2.40. The standard InChI is InChI=1S/C22H32F3N3O3S/c1-21(2,3)11-19(26-4)20(29)27-18-10-5-14-12-28(13-17(14)18)32(30,31)16-8-6-15(7-9-16)22(23,24)25/h6-9,14,17-19,26H,5,10-13H2,1-4H3,(H,27,29)/t14-,17+,18+,19-/m0/s1. The smallest absolute Gasteiger partial charge is 0.352 e. The second-order valence-corrected chi connectivity index (χ2v) is 12.0. The topological polar surface area (TPSA) is 78.5 Å². The average molecular weight is 476 g/mol. The zero-order valence-corrected chi connectivity index (χ0v) is 19.7. The molecule has 1 amide bonds. The largest absolute Gasteiger partial charge is 0.416 e. The van der Waals surface area contributed by atoms with Gasteiger partial charge in [-0.2, -0.15) is 17.5 Å². The Morgan fingerprint density at radius 1 is 1.12 bits per heavy atom. The Morgan fingerprint density at radius 3 is 2.28 bits per heavy atom. The summed E-state index contributed by atoms with van der Waals surface area (Å²) in [5, 5.41) is 6.18. The molecule has 10 heteroatoms. The number of sulfonamides is 1. The molecule has 0 radical (unpaired) electrons. The van der Waals surface area contributed by atoms with E-state index < -0.39 is 21.8 Å². The highest BCUT2D eigenvalue weighted by Gasteiger charge is 2.47. The van der Waals surface area contributed by atoms with E-state index in [1.807, 2.05) is 0 Å². The number of benzene rings is 1. The zero-order chi connectivity index (χ0) is 23.9. The number of alkyl halides is 3. The van der Waals surface area contributed by atoms with E-state index in [1.54, 1.807) is 7.05 Å². The molecule has 2 fully saturated rings. The number of carbonyl (C=O) groups excluding carboxylic acids is 1. The molecule has 0 spiro atoms. The molecule has 3 rings (SSSR count). The summed E-state index contributed by atoms with van der Waals surface area (Å²) < 4.78 is 65.8. The Hall–Kier alpha value is -1.65. The van der Waals surface area contributed by atoms with Gasteiger partial charge in [-0.15, -0.1) is 0 Å². The molecule has 4 atom stereocenters. The molecule has 32 heavy (non-hydrogen) atoms. The summed E-state index contributed by atoms with van der Waals surface area (Å²) in [7, 11) is -2.15. The van der Waals surface area contributed by atoms with Crippen LogP contribution < -0.4 is 10.6 Å². The van der Waals surface area contributed by atoms with Crippen molar-refractivity contribution in [2.45, 2.75) is 63.2 Å². The van der Waals surface area contributed by atoms with Crippen LogP contribution in [0.15, 0.2) is 29.2 Å². The third kappa shape index (κ3) is 5.46. The normalized spacial score (nSPS) is 25.5. The van der Waals surface area contributed by atoms with Crippen LogP contribution in [0.4, 0.5) is 13.2 Å². The van der Waals surface area contributed by atoms with Crippen LogP contribution in [0.1, 0.15) is 45.6 Å². The molecule has 1 aromatic rings. The summed E-state index contributed by atoms with van der Waals surface area (Å²) in [5.74, 6) is 0.0348. The van der Waals surface area contributed by atoms with Crippen molar-refractivity contribution >= 4 is 15.9 Å². The molecule has 0 unspecified atom stereocenters. The molecular weight excluding hydrogens is 443 g/mol. The molecule has 1 saturated carbocycles. The molecule has 1 aliphatic heterocycles. The van der Waals surface area contributed by atoms with Crippen LogP contribution in [0, 0.1) is 17.3 Å². The van der Waals surface area contributed by atoms with Gasteiger partial charge in [0.05, 0.1) is 16.5 Å². The summed E-state index contributed by atoms with van der Waals surface area (Å²) in [5.41, 5.74) is -0.907. The van der Waals surface area contributed by atoms with Crippen molar-refractivity contribution < 1.29 is 26.4 Å². The SMILES string of the molecule is CN[C@@H](CC(C)(C)C)C(=O)N[C@@H]1CC[C@H]2CN(S(=O)(=O)c3ccc(C(F)(F)F)cc3)C[C@H]21. The minimum atomic E-state index is -4.52. The summed E-state index contributed by atoms with van der Waals surface area (Å²) in [6.45, 7) is 6.77. The van der Waals surface area contributed by atoms with Crippen LogP contribution in [-0.4, -0.2) is 50.9 Å². The molecule has 0 aromatic heterocycles. The summed E-state index contributed by atoms with van der Waals surface area (Å²) in [6, 6.07) is 3.16. The Balaban J connectivity index is 1.68. The third-order valence-corrected chi connectivity index (χ3v) is 8.30. The van der Waals surface area contributed by atoms with Gasteiger partial charge < -0.3 is 10.6 Å². The highest BCUT2D eigenvalue weighted by atomic mass is 32.2. The second kappa shape index (κ2) is 8.95. The zero-order valence-electron chi connectivity index (χ0n) is 18.9. The second-order valence-electron chi connectivity index (χ2n) is 10.1. The van der Waals surface area contributed by atoms with E-state index in [-0.39, 0.29) is 46.7 Å². The van der Waals surface area contributed by atoms with Crippen molar-refractivity contribution in [1.82, 2.24) is 14.9 Å². The van der Waals surface area contributed by atoms with E-state index in [0.717, 1.165) is 37.1 Å². The average Bonchev–Trinajstić information content (AvgIpc) is 3.27. The van der Waals surface area contributed by atoms with Gasteiger partial charge in [0.15, 0.2) is 0 Å². The lowest BCUT2D eigenvalue weighted by molar-refractivity contribution is -0.137. The Labute approximate surface area is 188 Å². The first kappa shape index (κ1) is 25.0. The number of fused-ring (bicyclic) bond motifs is 1. The molecule has 180 valence electrons. The predicted octanol–water partition coefficient (Wildman–Crippen LogP) is 3.24. The summed E-state index contributed by atoms with van der Waals surface area (Å²) >= 11 is 0. The maximum Gasteiger partial charge on any atom is 0.416 e. The summed E-state index contributed by atoms with van der Waals surface area (Å²) in [6.07, 6.45) is -2.25. The van der Waals surface area contributed by atoms with Crippen molar-refractivity contribution in [3.8, 4) is 0 Å². The Kier molecular flexibility index (Phi) is 6.98. The van der Waals surface area contributed by atoms with Crippen molar-refractivity contribution in [3.05, 3.63) is 29.8 Å². The highest BCUT2D eigenvalue weighted by molar-refractivity contribution is 7.89. The minimum Gasteiger partial charge on any atom is -0.352 e. The first-order valence-corrected chi connectivity index (χ1v) is 12.3. The van der Waals surface area contributed by atoms with Crippen LogP contribution in [0.5, 0.6) is 0 Å². The van der Waals surface area contributed by atoms with Gasteiger partial charge in [0, 0.05) is 19.1 Å². The van der Waals surface area contributed by atoms with E-state index in [2.05, 4.69) is 31.4 Å². The van der Waals surface area contributed by atoms with Crippen LogP contribution in [-0.2, 0) is 21.0 Å². The molecule has 1 heterocycles. The van der Waals surface area contributed by atoms with Crippen molar-refractivity contribution in [2.75, 3.05) is 20.1 Å². The number of hydrogen-bond donors (Lipinski definition) is 2. The van der Waals surface area contributed by atoms with Crippen molar-refractivity contribution in [3.63, 3.8) is 0 Å². The van der Waals surface area contributed by atoms with Crippen LogP contribution in [0.2, 0.25) is 0 Å². The summed E-state index contributed by atoms with van der Waals surface area (Å²) in [4.78, 5) is 12.7. The molecule has 2 N–H and O–H groups in total. The maximum atomic E-state index is 13.0. The Morgan fingerprint density at radius 2 is 1.75 bits per heavy atom. The molecule has 6 nitrogen and oxygen atoms in total. The van der Waals surface area contributed by atoms with Crippen molar-refractivity contribution in [2.24, 2.45) is 17.3 Å². The monoisotopic (exact) mass is 475 g/mol. The van der Waals surface area contributed by atoms with Gasteiger partial charge in [0.2, 0.25) is 15.9 Å². The van der Waals surface area contributed by atoms with E-state index in [1.165, 1.54) is 4.31 Å². The number of likely N-dealkylation sites (N-methyl/N-ethyl adjacent to an activating group) is 1. The fraction of sp³-hybridized carbons (Fsp3) is 0.682. The lowest BCUT2D eigenvalue weighted by atomic mass is 9.87. The molecular formula is C22H32F3N3O3S. The fourth-order valence-electron chi connectivity index (χ4n) is 4.79. The Bertz CT molecular complexity index is 926. The predicted molar refractivity (Wildman–Crippen MR) is 115 cm³/mol. The van der Waals surface area contributed by atoms with Crippen LogP contribution in [0.25, 0.3) is 0 Å². The third-order valence-electron chi connectivity index (χ3n) is 6.45. The first-order chi connectivity index (χ1) is 14.7. The van der Waals surface area contributed by atoms with Crippen molar-refractivity contribution in [1.29, 1.82) is 0 Å². The number of carbonyl (C=O) groups is 1. The fourth-order valence-corrected chi connectivity index (χ4v) is 6.32. The van der Waals surface area contributed by atoms with Crippen LogP contribution >= 0.6 is 0 Å². The van der Waals surface area contributed by atoms with E-state index in [0.29, 0.717) is 13.0 Å². The first-order valence-electron chi connectivity index (χ1n) is 10.9. The van der Waals surface area contributed by atoms with E-state index in [9.17, 15) is 26.4 Å². The lowest BCUT2D eigenvalue weighted by Gasteiger charge is -2.28. The molecule has 1 saturated heterocycles. The molecule has 2 aliphatic rings. The number of nitrogens with one attached hydrogen (secondary N) is 2. The minimum absolute atomic E-state index is 0.00434. The number of hydrogen-bond acceptors (Lipinski definition) is 4. The quantitative estimate of drug-likeness (QED) is 0.662. The number of nitrogens with zero attached hydrogens (tertiary/aromatic N) is 1. The molecule has 1 aliphatic carbocycles. The molecule has 1 aromatic carbocycles. The lowest BCUT2D eigenvalue weighted by Crippen LogP contribution is -2.49. The van der Waals surface area contributed by atoms with Gasteiger partial charge in [-0.3, -0.25) is 4.79 Å². The van der Waals surface area contributed by atoms with Gasteiger partial charge in [-0.1, -0.05) is 20.8 Å². The number of amides is 1. The molecule has 0 bridgehead atoms. The van der Waals surface area contributed by atoms with Gasteiger partial charge in [0.1, 0.15) is 0 Å². The van der Waals surface area contributed by atoms with E-state index in [4.69, 9.17) is 0 Å². The van der Waals surface area contributed by atoms with Gasteiger partial charge in [-0.25, -0.2) is 8.42 Å². The number of halogens is 3. The number of rotatable bonds is 6. The van der Waals surface area contributed by atoms with Gasteiger partial charge in [0.25, 0.3) is 0 Å². The van der Waals surface area contributed by atoms with Crippen LogP contribution in [0.3, 0.4) is 0 Å². The van der Waals surface area contributed by atoms with E-state index >= 15 is 0 Å². The maximum absolute atomic E-state index is 13.0.